The summed E-state index contributed by atoms with van der Waals surface area (Å²) in [6, 6.07) is 7.53. The first-order valence-corrected chi connectivity index (χ1v) is 10.8. The second kappa shape index (κ2) is 10.5. The van der Waals surface area contributed by atoms with Crippen molar-refractivity contribution in [1.82, 2.24) is 0 Å². The number of carbonyl (C=O) groups excluding carboxylic acids is 1. The minimum absolute atomic E-state index is 0.0135. The number of rotatable bonds is 8. The minimum Gasteiger partial charge on any atom is -0.511 e. The predicted molar refractivity (Wildman–Crippen MR) is 115 cm³/mol. The first kappa shape index (κ1) is 21.5. The Kier molecular flexibility index (Phi) is 8.42. The predicted octanol–water partition coefficient (Wildman–Crippen LogP) is 5.89. The lowest BCUT2D eigenvalue weighted by molar-refractivity contribution is -0.116. The first-order chi connectivity index (χ1) is 13.0. The van der Waals surface area contributed by atoms with Gasteiger partial charge >= 0.3 is 0 Å². The van der Waals surface area contributed by atoms with Crippen LogP contribution < -0.4 is 4.74 Å². The van der Waals surface area contributed by atoms with Crippen molar-refractivity contribution in [2.45, 2.75) is 58.1 Å². The van der Waals surface area contributed by atoms with E-state index in [1.807, 2.05) is 43.0 Å². The molecular weight excluding hydrogens is 358 g/mol. The normalized spacial score (nSPS) is 22.0. The molecule has 0 aromatic heterocycles. The SMILES string of the molecule is CCC/C(O)=C1\C(=O)CC(CC(C)SCC)CC1=Nc1ccccc1OC. The summed E-state index contributed by atoms with van der Waals surface area (Å²) in [5.41, 5.74) is 1.82. The standard InChI is InChI=1S/C22H31NO3S/c1-5-9-19(24)22-18(23-17-10-7-8-11-21(17)26-4)13-16(14-20(22)25)12-15(3)27-6-2/h7-8,10-11,15-16,24H,5-6,9,12-14H2,1-4H3/b22-19+,23-18?. The fourth-order valence-corrected chi connectivity index (χ4v) is 4.60. The zero-order chi connectivity index (χ0) is 19.8. The van der Waals surface area contributed by atoms with Crippen molar-refractivity contribution in [3.05, 3.63) is 35.6 Å². The highest BCUT2D eigenvalue weighted by molar-refractivity contribution is 7.99. The highest BCUT2D eigenvalue weighted by Crippen LogP contribution is 2.35. The quantitative estimate of drug-likeness (QED) is 0.445. The summed E-state index contributed by atoms with van der Waals surface area (Å²) in [5, 5.41) is 11.0. The van der Waals surface area contributed by atoms with Crippen LogP contribution in [0, 0.1) is 5.92 Å². The molecule has 0 bridgehead atoms. The number of hydrogen-bond acceptors (Lipinski definition) is 5. The van der Waals surface area contributed by atoms with Crippen molar-refractivity contribution in [2.75, 3.05) is 12.9 Å². The third-order valence-corrected chi connectivity index (χ3v) is 5.85. The number of ether oxygens (including phenoxy) is 1. The number of para-hydroxylation sites is 2. The van der Waals surface area contributed by atoms with E-state index in [0.29, 0.717) is 47.2 Å². The van der Waals surface area contributed by atoms with Crippen LogP contribution >= 0.6 is 11.8 Å². The first-order valence-electron chi connectivity index (χ1n) is 9.77. The number of nitrogens with zero attached hydrogens (tertiary/aromatic N) is 1. The highest BCUT2D eigenvalue weighted by atomic mass is 32.2. The maximum absolute atomic E-state index is 12.9. The Labute approximate surface area is 167 Å². The van der Waals surface area contributed by atoms with Gasteiger partial charge in [-0.05, 0) is 43.1 Å². The molecule has 0 saturated heterocycles. The Morgan fingerprint density at radius 1 is 1.33 bits per heavy atom. The molecule has 1 fully saturated rings. The maximum atomic E-state index is 12.9. The number of thioether (sulfide) groups is 1. The van der Waals surface area contributed by atoms with Gasteiger partial charge in [-0.2, -0.15) is 11.8 Å². The van der Waals surface area contributed by atoms with Gasteiger partial charge < -0.3 is 9.84 Å². The van der Waals surface area contributed by atoms with Gasteiger partial charge in [-0.1, -0.05) is 32.9 Å². The van der Waals surface area contributed by atoms with Gasteiger partial charge in [-0.25, -0.2) is 4.99 Å². The number of methoxy groups -OCH3 is 1. The molecule has 5 heteroatoms. The van der Waals surface area contributed by atoms with E-state index in [9.17, 15) is 9.90 Å². The summed E-state index contributed by atoms with van der Waals surface area (Å²) >= 11 is 1.92. The van der Waals surface area contributed by atoms with E-state index in [1.54, 1.807) is 7.11 Å². The number of aliphatic hydroxyl groups is 1. The van der Waals surface area contributed by atoms with E-state index < -0.39 is 0 Å². The number of aliphatic imine (C=N–C) groups is 1. The average Bonchev–Trinajstić information content (AvgIpc) is 2.62. The van der Waals surface area contributed by atoms with Gasteiger partial charge in [-0.3, -0.25) is 4.79 Å². The Morgan fingerprint density at radius 2 is 2.07 bits per heavy atom. The maximum Gasteiger partial charge on any atom is 0.168 e. The number of aliphatic hydroxyl groups excluding tert-OH is 1. The number of Topliss-reactive ketones (excluding diaryl/α,β-unsaturated/α-hetero) is 1. The lowest BCUT2D eigenvalue weighted by atomic mass is 9.80. The smallest absolute Gasteiger partial charge is 0.168 e. The Morgan fingerprint density at radius 3 is 2.74 bits per heavy atom. The third-order valence-electron chi connectivity index (χ3n) is 4.76. The van der Waals surface area contributed by atoms with Crippen LogP contribution in [0.4, 0.5) is 5.69 Å². The molecule has 1 aliphatic carbocycles. The van der Waals surface area contributed by atoms with Crippen molar-refractivity contribution in [2.24, 2.45) is 10.9 Å². The second-order valence-corrected chi connectivity index (χ2v) is 8.72. The van der Waals surface area contributed by atoms with Crippen LogP contribution in [0.15, 0.2) is 40.6 Å². The van der Waals surface area contributed by atoms with Gasteiger partial charge in [0.25, 0.3) is 0 Å². The summed E-state index contributed by atoms with van der Waals surface area (Å²) in [5.74, 6) is 2.19. The number of hydrogen-bond donors (Lipinski definition) is 1. The van der Waals surface area contributed by atoms with Crippen molar-refractivity contribution in [3.63, 3.8) is 0 Å². The monoisotopic (exact) mass is 389 g/mol. The van der Waals surface area contributed by atoms with E-state index in [-0.39, 0.29) is 17.5 Å². The molecule has 2 atom stereocenters. The number of ketones is 1. The molecule has 0 spiro atoms. The summed E-state index contributed by atoms with van der Waals surface area (Å²) in [6.45, 7) is 6.37. The molecule has 1 aromatic rings. The van der Waals surface area contributed by atoms with Gasteiger partial charge in [0.15, 0.2) is 5.78 Å². The molecule has 27 heavy (non-hydrogen) atoms. The number of carbonyl (C=O) groups is 1. The topological polar surface area (TPSA) is 58.9 Å². The van der Waals surface area contributed by atoms with Crippen molar-refractivity contribution < 1.29 is 14.6 Å². The molecule has 0 heterocycles. The van der Waals surface area contributed by atoms with Crippen LogP contribution in [0.5, 0.6) is 5.75 Å². The molecule has 2 unspecified atom stereocenters. The van der Waals surface area contributed by atoms with Gasteiger partial charge in [0.1, 0.15) is 17.2 Å². The second-order valence-electron chi connectivity index (χ2n) is 7.00. The van der Waals surface area contributed by atoms with Crippen LogP contribution in [-0.4, -0.2) is 34.7 Å². The molecule has 1 saturated carbocycles. The van der Waals surface area contributed by atoms with Gasteiger partial charge in [-0.15, -0.1) is 0 Å². The molecule has 148 valence electrons. The van der Waals surface area contributed by atoms with E-state index in [0.717, 1.165) is 18.6 Å². The van der Waals surface area contributed by atoms with Gasteiger partial charge in [0, 0.05) is 18.1 Å². The van der Waals surface area contributed by atoms with Crippen molar-refractivity contribution in [3.8, 4) is 5.75 Å². The molecule has 2 rings (SSSR count). The lowest BCUT2D eigenvalue weighted by Crippen LogP contribution is -2.29. The molecule has 1 aromatic carbocycles. The minimum atomic E-state index is 0.0135. The third kappa shape index (κ3) is 5.86. The number of allylic oxidation sites excluding steroid dienone is 2. The zero-order valence-corrected chi connectivity index (χ0v) is 17.6. The van der Waals surface area contributed by atoms with Crippen LogP contribution in [0.3, 0.4) is 0 Å². The van der Waals surface area contributed by atoms with E-state index in [2.05, 4.69) is 13.8 Å². The Balaban J connectivity index is 2.40. The van der Waals surface area contributed by atoms with Crippen molar-refractivity contribution in [1.29, 1.82) is 0 Å². The van der Waals surface area contributed by atoms with Crippen LogP contribution in [-0.2, 0) is 4.79 Å². The van der Waals surface area contributed by atoms with Crippen LogP contribution in [0.1, 0.15) is 52.9 Å². The molecule has 1 aliphatic rings. The van der Waals surface area contributed by atoms with Crippen molar-refractivity contribution >= 4 is 28.9 Å². The van der Waals surface area contributed by atoms with E-state index in [4.69, 9.17) is 9.73 Å². The fourth-order valence-electron chi connectivity index (χ4n) is 3.62. The summed E-state index contributed by atoms with van der Waals surface area (Å²) in [4.78, 5) is 17.7. The Hall–Kier alpha value is -1.75. The Bertz CT molecular complexity index is 711. The van der Waals surface area contributed by atoms with E-state index >= 15 is 0 Å². The lowest BCUT2D eigenvalue weighted by Gasteiger charge is -2.27. The summed E-state index contributed by atoms with van der Waals surface area (Å²) in [7, 11) is 1.61. The molecule has 0 aliphatic heterocycles. The van der Waals surface area contributed by atoms with Gasteiger partial charge in [0.05, 0.1) is 18.4 Å². The highest BCUT2D eigenvalue weighted by Gasteiger charge is 2.32. The van der Waals surface area contributed by atoms with Crippen LogP contribution in [0.2, 0.25) is 0 Å². The summed E-state index contributed by atoms with van der Waals surface area (Å²) < 4.78 is 5.41. The van der Waals surface area contributed by atoms with E-state index in [1.165, 1.54) is 0 Å². The number of benzene rings is 1. The molecule has 1 N–H and O–H groups in total. The zero-order valence-electron chi connectivity index (χ0n) is 16.8. The summed E-state index contributed by atoms with van der Waals surface area (Å²) in [6.07, 6.45) is 3.47. The molecule has 0 amide bonds. The average molecular weight is 390 g/mol. The van der Waals surface area contributed by atoms with Crippen LogP contribution in [0.25, 0.3) is 0 Å². The molecule has 4 nitrogen and oxygen atoms in total. The van der Waals surface area contributed by atoms with Gasteiger partial charge in [0.2, 0.25) is 0 Å². The largest absolute Gasteiger partial charge is 0.511 e. The fraction of sp³-hybridized carbons (Fsp3) is 0.545. The molecule has 0 radical (unpaired) electrons. The molecular formula is C22H31NO3S.